The summed E-state index contributed by atoms with van der Waals surface area (Å²) in [5.41, 5.74) is 0. The number of nitrogens with one attached hydrogen (secondary N) is 1. The van der Waals surface area contributed by atoms with Crippen molar-refractivity contribution < 1.29 is 4.79 Å². The van der Waals surface area contributed by atoms with Crippen LogP contribution in [0, 0.1) is 0 Å². The standard InChI is InChI=1S/C8H9BrClNOS/c1-5(10)4-11-8(12)7-6(9)2-3-13-7/h2-3,5H,4H2,1H3,(H,11,12). The largest absolute Gasteiger partial charge is 0.350 e. The second-order valence-electron chi connectivity index (χ2n) is 2.59. The van der Waals surface area contributed by atoms with E-state index in [9.17, 15) is 4.79 Å². The number of hydrogen-bond acceptors (Lipinski definition) is 2. The predicted molar refractivity (Wildman–Crippen MR) is 59.7 cm³/mol. The fraction of sp³-hybridized carbons (Fsp3) is 0.375. The van der Waals surface area contributed by atoms with E-state index in [0.29, 0.717) is 11.4 Å². The van der Waals surface area contributed by atoms with Crippen LogP contribution in [0.5, 0.6) is 0 Å². The lowest BCUT2D eigenvalue weighted by Gasteiger charge is -2.04. The van der Waals surface area contributed by atoms with Gasteiger partial charge in [0.1, 0.15) is 4.88 Å². The number of thiophene rings is 1. The Hall–Kier alpha value is -0.0600. The molecule has 0 aromatic carbocycles. The van der Waals surface area contributed by atoms with Crippen LogP contribution in [0.3, 0.4) is 0 Å². The molecular weight excluding hydrogens is 274 g/mol. The molecule has 0 aliphatic heterocycles. The Morgan fingerprint density at radius 3 is 3.00 bits per heavy atom. The van der Waals surface area contributed by atoms with Crippen molar-refractivity contribution in [2.24, 2.45) is 0 Å². The summed E-state index contributed by atoms with van der Waals surface area (Å²) < 4.78 is 0.831. The molecule has 1 heterocycles. The summed E-state index contributed by atoms with van der Waals surface area (Å²) in [5.74, 6) is -0.0747. The van der Waals surface area contributed by atoms with Crippen LogP contribution >= 0.6 is 38.9 Å². The summed E-state index contributed by atoms with van der Waals surface area (Å²) in [6.45, 7) is 2.33. The summed E-state index contributed by atoms with van der Waals surface area (Å²) in [4.78, 5) is 12.1. The third kappa shape index (κ3) is 3.29. The van der Waals surface area contributed by atoms with Crippen LogP contribution in [-0.4, -0.2) is 17.8 Å². The molecule has 5 heteroatoms. The lowest BCUT2D eigenvalue weighted by molar-refractivity contribution is 0.0957. The first-order valence-corrected chi connectivity index (χ1v) is 5.87. The Balaban J connectivity index is 2.54. The lowest BCUT2D eigenvalue weighted by Crippen LogP contribution is -2.28. The van der Waals surface area contributed by atoms with Crippen LogP contribution in [0.2, 0.25) is 0 Å². The normalized spacial score (nSPS) is 12.5. The van der Waals surface area contributed by atoms with E-state index < -0.39 is 0 Å². The number of alkyl halides is 1. The summed E-state index contributed by atoms with van der Waals surface area (Å²) in [7, 11) is 0. The van der Waals surface area contributed by atoms with E-state index in [-0.39, 0.29) is 11.3 Å². The molecule has 1 amide bonds. The average Bonchev–Trinajstić information content (AvgIpc) is 2.47. The minimum Gasteiger partial charge on any atom is -0.350 e. The van der Waals surface area contributed by atoms with Gasteiger partial charge in [0, 0.05) is 16.4 Å². The molecular formula is C8H9BrClNOS. The third-order valence-electron chi connectivity index (χ3n) is 1.37. The van der Waals surface area contributed by atoms with Gasteiger partial charge in [0.25, 0.3) is 5.91 Å². The third-order valence-corrected chi connectivity index (χ3v) is 3.36. The van der Waals surface area contributed by atoms with E-state index in [2.05, 4.69) is 21.2 Å². The second-order valence-corrected chi connectivity index (χ2v) is 5.10. The van der Waals surface area contributed by atoms with E-state index in [1.807, 2.05) is 18.4 Å². The first-order valence-electron chi connectivity index (χ1n) is 3.76. The topological polar surface area (TPSA) is 29.1 Å². The highest BCUT2D eigenvalue weighted by Crippen LogP contribution is 2.22. The minimum absolute atomic E-state index is 0.0392. The molecule has 1 atom stereocenters. The van der Waals surface area contributed by atoms with Crippen molar-refractivity contribution in [2.45, 2.75) is 12.3 Å². The van der Waals surface area contributed by atoms with Crippen molar-refractivity contribution in [2.75, 3.05) is 6.54 Å². The molecule has 0 aliphatic rings. The summed E-state index contributed by atoms with van der Waals surface area (Å²) in [6.07, 6.45) is 0. The van der Waals surface area contributed by atoms with E-state index >= 15 is 0 Å². The highest BCUT2D eigenvalue weighted by atomic mass is 79.9. The van der Waals surface area contributed by atoms with Crippen LogP contribution in [0.25, 0.3) is 0 Å². The van der Waals surface area contributed by atoms with Crippen LogP contribution in [-0.2, 0) is 0 Å². The Kier molecular flexibility index (Phi) is 4.22. The minimum atomic E-state index is -0.0747. The highest BCUT2D eigenvalue weighted by Gasteiger charge is 2.11. The van der Waals surface area contributed by atoms with Crippen molar-refractivity contribution in [3.05, 3.63) is 20.8 Å². The van der Waals surface area contributed by atoms with Crippen LogP contribution < -0.4 is 5.32 Å². The van der Waals surface area contributed by atoms with Crippen molar-refractivity contribution in [1.82, 2.24) is 5.32 Å². The maximum absolute atomic E-state index is 11.4. The first kappa shape index (κ1) is 11.0. The maximum atomic E-state index is 11.4. The Morgan fingerprint density at radius 2 is 2.54 bits per heavy atom. The quantitative estimate of drug-likeness (QED) is 0.849. The molecule has 1 aromatic rings. The van der Waals surface area contributed by atoms with Crippen molar-refractivity contribution in [3.63, 3.8) is 0 Å². The van der Waals surface area contributed by atoms with Gasteiger partial charge < -0.3 is 5.32 Å². The lowest BCUT2D eigenvalue weighted by atomic mass is 10.4. The molecule has 0 bridgehead atoms. The van der Waals surface area contributed by atoms with Crippen LogP contribution in [0.4, 0.5) is 0 Å². The number of amides is 1. The number of halogens is 2. The van der Waals surface area contributed by atoms with E-state index in [0.717, 1.165) is 4.47 Å². The zero-order valence-corrected chi connectivity index (χ0v) is 10.2. The summed E-state index contributed by atoms with van der Waals surface area (Å²) in [6, 6.07) is 1.85. The van der Waals surface area contributed by atoms with Crippen LogP contribution in [0.15, 0.2) is 15.9 Å². The molecule has 1 unspecified atom stereocenters. The molecule has 72 valence electrons. The Labute approximate surface area is 94.4 Å². The van der Waals surface area contributed by atoms with Crippen LogP contribution in [0.1, 0.15) is 16.6 Å². The van der Waals surface area contributed by atoms with Gasteiger partial charge in [-0.05, 0) is 34.3 Å². The van der Waals surface area contributed by atoms with Gasteiger partial charge in [-0.3, -0.25) is 4.79 Å². The van der Waals surface area contributed by atoms with Gasteiger partial charge in [-0.15, -0.1) is 22.9 Å². The summed E-state index contributed by atoms with van der Waals surface area (Å²) in [5, 5.41) is 4.56. The zero-order chi connectivity index (χ0) is 9.84. The van der Waals surface area contributed by atoms with Gasteiger partial charge >= 0.3 is 0 Å². The molecule has 1 N–H and O–H groups in total. The molecule has 0 aliphatic carbocycles. The number of carbonyl (C=O) groups is 1. The van der Waals surface area contributed by atoms with E-state index in [4.69, 9.17) is 11.6 Å². The van der Waals surface area contributed by atoms with Gasteiger partial charge in [0.2, 0.25) is 0 Å². The zero-order valence-electron chi connectivity index (χ0n) is 7.01. The fourth-order valence-electron chi connectivity index (χ4n) is 0.769. The molecule has 1 aromatic heterocycles. The van der Waals surface area contributed by atoms with Gasteiger partial charge in [-0.25, -0.2) is 0 Å². The predicted octanol–water partition coefficient (Wildman–Crippen LogP) is 2.87. The van der Waals surface area contributed by atoms with Gasteiger partial charge in [-0.2, -0.15) is 0 Å². The van der Waals surface area contributed by atoms with Gasteiger partial charge in [0.15, 0.2) is 0 Å². The Morgan fingerprint density at radius 1 is 1.85 bits per heavy atom. The van der Waals surface area contributed by atoms with Crippen molar-refractivity contribution in [3.8, 4) is 0 Å². The van der Waals surface area contributed by atoms with Gasteiger partial charge in [-0.1, -0.05) is 0 Å². The number of carbonyl (C=O) groups excluding carboxylic acids is 1. The van der Waals surface area contributed by atoms with Crippen molar-refractivity contribution in [1.29, 1.82) is 0 Å². The molecule has 13 heavy (non-hydrogen) atoms. The molecule has 1 rings (SSSR count). The maximum Gasteiger partial charge on any atom is 0.262 e. The van der Waals surface area contributed by atoms with E-state index in [1.165, 1.54) is 11.3 Å². The van der Waals surface area contributed by atoms with E-state index in [1.54, 1.807) is 0 Å². The molecule has 0 saturated carbocycles. The number of hydrogen-bond donors (Lipinski definition) is 1. The Bertz CT molecular complexity index is 300. The molecule has 0 spiro atoms. The molecule has 0 saturated heterocycles. The fourth-order valence-corrected chi connectivity index (χ4v) is 2.31. The average molecular weight is 283 g/mol. The molecule has 0 fully saturated rings. The monoisotopic (exact) mass is 281 g/mol. The smallest absolute Gasteiger partial charge is 0.262 e. The molecule has 2 nitrogen and oxygen atoms in total. The molecule has 0 radical (unpaired) electrons. The van der Waals surface area contributed by atoms with Crippen molar-refractivity contribution >= 4 is 44.8 Å². The second kappa shape index (κ2) is 4.98. The highest BCUT2D eigenvalue weighted by molar-refractivity contribution is 9.10. The number of rotatable bonds is 3. The SMILES string of the molecule is CC(Cl)CNC(=O)c1sccc1Br. The summed E-state index contributed by atoms with van der Waals surface area (Å²) >= 11 is 10.4. The first-order chi connectivity index (χ1) is 6.11. The van der Waals surface area contributed by atoms with Gasteiger partial charge in [0.05, 0.1) is 0 Å².